The van der Waals surface area contributed by atoms with E-state index in [0.29, 0.717) is 11.1 Å². The normalized spacial score (nSPS) is 12.1. The quantitative estimate of drug-likeness (QED) is 0.468. The summed E-state index contributed by atoms with van der Waals surface area (Å²) in [4.78, 5) is 25.1. The highest BCUT2D eigenvalue weighted by Gasteiger charge is 2.21. The van der Waals surface area contributed by atoms with Crippen LogP contribution in [0.2, 0.25) is 0 Å². The molecule has 5 nitrogen and oxygen atoms in total. The summed E-state index contributed by atoms with van der Waals surface area (Å²) in [5.41, 5.74) is 1.98. The van der Waals surface area contributed by atoms with Gasteiger partial charge in [0.25, 0.3) is 0 Å². The van der Waals surface area contributed by atoms with Gasteiger partial charge in [-0.2, -0.15) is 0 Å². The summed E-state index contributed by atoms with van der Waals surface area (Å²) in [5.74, 6) is -0.444. The zero-order valence-corrected chi connectivity index (χ0v) is 16.4. The second-order valence-electron chi connectivity index (χ2n) is 7.37. The number of ether oxygens (including phenoxy) is 2. The van der Waals surface area contributed by atoms with Gasteiger partial charge in [-0.3, -0.25) is 4.57 Å². The number of methoxy groups -OCH3 is 1. The zero-order valence-electron chi connectivity index (χ0n) is 16.4. The molecule has 1 heterocycles. The molecule has 0 saturated carbocycles. The summed E-state index contributed by atoms with van der Waals surface area (Å²) in [5, 5.41) is 0.839. The molecule has 0 fully saturated rings. The van der Waals surface area contributed by atoms with Crippen molar-refractivity contribution in [1.29, 1.82) is 0 Å². The third kappa shape index (κ3) is 4.14. The molecule has 0 unspecified atom stereocenters. The predicted molar refractivity (Wildman–Crippen MR) is 110 cm³/mol. The molecule has 0 spiro atoms. The van der Waals surface area contributed by atoms with Crippen LogP contribution in [0.25, 0.3) is 22.6 Å². The second kappa shape index (κ2) is 7.72. The van der Waals surface area contributed by atoms with E-state index in [1.165, 1.54) is 11.7 Å². The fourth-order valence-electron chi connectivity index (χ4n) is 2.93. The number of benzene rings is 2. The summed E-state index contributed by atoms with van der Waals surface area (Å²) < 4.78 is 11.9. The van der Waals surface area contributed by atoms with Gasteiger partial charge in [0.05, 0.1) is 18.2 Å². The molecule has 0 radical (unpaired) electrons. The Morgan fingerprint density at radius 1 is 0.964 bits per heavy atom. The van der Waals surface area contributed by atoms with Gasteiger partial charge in [-0.15, -0.1) is 0 Å². The fourth-order valence-corrected chi connectivity index (χ4v) is 2.93. The van der Waals surface area contributed by atoms with Gasteiger partial charge in [-0.25, -0.2) is 9.59 Å². The molecule has 0 aliphatic carbocycles. The van der Waals surface area contributed by atoms with Crippen molar-refractivity contribution in [2.45, 2.75) is 26.4 Å². The molecule has 0 aliphatic rings. The van der Waals surface area contributed by atoms with Crippen LogP contribution in [0.1, 0.15) is 31.9 Å². The summed E-state index contributed by atoms with van der Waals surface area (Å²) in [6.45, 7) is 5.46. The summed E-state index contributed by atoms with van der Waals surface area (Å²) >= 11 is 0. The van der Waals surface area contributed by atoms with E-state index < -0.39 is 17.7 Å². The van der Waals surface area contributed by atoms with E-state index >= 15 is 0 Å². The van der Waals surface area contributed by atoms with Crippen molar-refractivity contribution in [3.63, 3.8) is 0 Å². The Kier molecular flexibility index (Phi) is 5.36. The minimum atomic E-state index is -0.611. The van der Waals surface area contributed by atoms with Crippen LogP contribution in [-0.2, 0) is 14.3 Å². The first-order valence-corrected chi connectivity index (χ1v) is 8.99. The Morgan fingerprint density at radius 3 is 2.25 bits per heavy atom. The van der Waals surface area contributed by atoms with Gasteiger partial charge in [0, 0.05) is 17.1 Å². The van der Waals surface area contributed by atoms with Crippen LogP contribution in [0.15, 0.2) is 60.8 Å². The number of nitrogens with zero attached hydrogens (tertiary/aromatic N) is 1. The molecule has 0 aliphatic heterocycles. The van der Waals surface area contributed by atoms with Gasteiger partial charge in [0.2, 0.25) is 0 Å². The molecule has 28 heavy (non-hydrogen) atoms. The molecule has 3 aromatic rings. The van der Waals surface area contributed by atoms with Crippen LogP contribution in [-0.4, -0.2) is 29.3 Å². The number of rotatable bonds is 3. The average Bonchev–Trinajstić information content (AvgIpc) is 3.04. The van der Waals surface area contributed by atoms with E-state index in [1.807, 2.05) is 75.4 Å². The first kappa shape index (κ1) is 19.4. The third-order valence-corrected chi connectivity index (χ3v) is 4.12. The summed E-state index contributed by atoms with van der Waals surface area (Å²) in [7, 11) is 1.35. The molecule has 0 atom stereocenters. The molecule has 0 saturated heterocycles. The van der Waals surface area contributed by atoms with E-state index in [4.69, 9.17) is 9.47 Å². The molecule has 1 aromatic heterocycles. The topological polar surface area (TPSA) is 57.5 Å². The van der Waals surface area contributed by atoms with E-state index in [0.717, 1.165) is 16.5 Å². The Bertz CT molecular complexity index is 1040. The van der Waals surface area contributed by atoms with Crippen molar-refractivity contribution in [1.82, 2.24) is 4.57 Å². The lowest BCUT2D eigenvalue weighted by Crippen LogP contribution is -2.26. The standard InChI is InChI=1S/C23H23NO4/c1-23(2,3)28-22(26)24-15-17(18-12-8-9-13-20(18)24)14-19(21(25)27-4)16-10-6-5-7-11-16/h5-15H,1-4H3/b19-14+. The number of hydrogen-bond donors (Lipinski definition) is 0. The van der Waals surface area contributed by atoms with Crippen LogP contribution in [0.3, 0.4) is 0 Å². The van der Waals surface area contributed by atoms with Crippen LogP contribution in [0.5, 0.6) is 0 Å². The highest BCUT2D eigenvalue weighted by atomic mass is 16.6. The number of carbonyl (C=O) groups is 2. The summed E-state index contributed by atoms with van der Waals surface area (Å²) in [6.07, 6.45) is 2.96. The first-order chi connectivity index (χ1) is 13.3. The maximum absolute atomic E-state index is 12.7. The Labute approximate surface area is 164 Å². The van der Waals surface area contributed by atoms with Crippen LogP contribution in [0, 0.1) is 0 Å². The van der Waals surface area contributed by atoms with Gasteiger partial charge in [-0.05, 0) is 38.5 Å². The molecule has 0 N–H and O–H groups in total. The molecule has 5 heteroatoms. The van der Waals surface area contributed by atoms with Gasteiger partial charge in [0.1, 0.15) is 5.60 Å². The van der Waals surface area contributed by atoms with Gasteiger partial charge < -0.3 is 9.47 Å². The van der Waals surface area contributed by atoms with Crippen molar-refractivity contribution in [3.05, 3.63) is 71.9 Å². The SMILES string of the molecule is COC(=O)/C(=C/c1cn(C(=O)OC(C)(C)C)c2ccccc12)c1ccccc1. The van der Waals surface area contributed by atoms with Crippen molar-refractivity contribution in [2.24, 2.45) is 0 Å². The second-order valence-corrected chi connectivity index (χ2v) is 7.37. The van der Waals surface area contributed by atoms with Gasteiger partial charge in [-0.1, -0.05) is 48.5 Å². The lowest BCUT2D eigenvalue weighted by atomic mass is 10.0. The Morgan fingerprint density at radius 2 is 1.61 bits per heavy atom. The van der Waals surface area contributed by atoms with Crippen molar-refractivity contribution in [3.8, 4) is 0 Å². The number of esters is 1. The molecular weight excluding hydrogens is 354 g/mol. The van der Waals surface area contributed by atoms with E-state index in [2.05, 4.69) is 0 Å². The van der Waals surface area contributed by atoms with Crippen LogP contribution >= 0.6 is 0 Å². The maximum Gasteiger partial charge on any atom is 0.419 e. The molecule has 2 aromatic carbocycles. The largest absolute Gasteiger partial charge is 0.465 e. The molecule has 0 bridgehead atoms. The average molecular weight is 377 g/mol. The number of carbonyl (C=O) groups excluding carboxylic acids is 2. The lowest BCUT2D eigenvalue weighted by molar-refractivity contribution is -0.133. The van der Waals surface area contributed by atoms with Crippen LogP contribution in [0.4, 0.5) is 4.79 Å². The van der Waals surface area contributed by atoms with Gasteiger partial charge >= 0.3 is 12.1 Å². The number of hydrogen-bond acceptors (Lipinski definition) is 4. The van der Waals surface area contributed by atoms with E-state index in [9.17, 15) is 9.59 Å². The zero-order chi connectivity index (χ0) is 20.3. The lowest BCUT2D eigenvalue weighted by Gasteiger charge is -2.19. The van der Waals surface area contributed by atoms with Crippen LogP contribution < -0.4 is 0 Å². The Hall–Kier alpha value is -3.34. The number of aromatic nitrogens is 1. The molecule has 0 amide bonds. The minimum Gasteiger partial charge on any atom is -0.465 e. The maximum atomic E-state index is 12.7. The Balaban J connectivity index is 2.16. The van der Waals surface area contributed by atoms with Crippen molar-refractivity contribution >= 4 is 34.6 Å². The molecule has 144 valence electrons. The van der Waals surface area contributed by atoms with E-state index in [1.54, 1.807) is 12.3 Å². The van der Waals surface area contributed by atoms with Crippen molar-refractivity contribution in [2.75, 3.05) is 7.11 Å². The molecular formula is C23H23NO4. The molecule has 3 rings (SSSR count). The monoisotopic (exact) mass is 377 g/mol. The first-order valence-electron chi connectivity index (χ1n) is 8.99. The predicted octanol–water partition coefficient (Wildman–Crippen LogP) is 5.14. The van der Waals surface area contributed by atoms with Crippen molar-refractivity contribution < 1.29 is 19.1 Å². The fraction of sp³-hybridized carbons (Fsp3) is 0.217. The number of para-hydroxylation sites is 1. The van der Waals surface area contributed by atoms with Gasteiger partial charge in [0.15, 0.2) is 0 Å². The number of fused-ring (bicyclic) bond motifs is 1. The highest BCUT2D eigenvalue weighted by Crippen LogP contribution is 2.27. The minimum absolute atomic E-state index is 0.412. The highest BCUT2D eigenvalue weighted by molar-refractivity contribution is 6.22. The smallest absolute Gasteiger partial charge is 0.419 e. The summed E-state index contributed by atoms with van der Waals surface area (Å²) in [6, 6.07) is 16.8. The van der Waals surface area contributed by atoms with E-state index in [-0.39, 0.29) is 0 Å². The third-order valence-electron chi connectivity index (χ3n) is 4.12.